The minimum Gasteiger partial charge on any atom is -0.455 e. The smallest absolute Gasteiger partial charge is 0.339 e. The number of ketones is 1. The van der Waals surface area contributed by atoms with Gasteiger partial charge in [0.2, 0.25) is 0 Å². The van der Waals surface area contributed by atoms with Crippen molar-refractivity contribution in [3.63, 3.8) is 0 Å². The van der Waals surface area contributed by atoms with Crippen LogP contribution in [0.4, 0.5) is 5.69 Å². The number of esters is 1. The van der Waals surface area contributed by atoms with Crippen molar-refractivity contribution in [1.29, 1.82) is 0 Å². The summed E-state index contributed by atoms with van der Waals surface area (Å²) in [5, 5.41) is 12.0. The number of para-hydroxylation sites is 1. The lowest BCUT2D eigenvalue weighted by molar-refractivity contribution is -0.387. The Bertz CT molecular complexity index is 1320. The Morgan fingerprint density at radius 1 is 1.06 bits per heavy atom. The molecule has 0 N–H and O–H groups in total. The number of aromatic nitrogens is 1. The van der Waals surface area contributed by atoms with E-state index in [9.17, 15) is 19.7 Å². The van der Waals surface area contributed by atoms with Gasteiger partial charge in [-0.1, -0.05) is 30.3 Å². The summed E-state index contributed by atoms with van der Waals surface area (Å²) >= 11 is 2.65. The van der Waals surface area contributed by atoms with Crippen LogP contribution in [-0.4, -0.2) is 27.9 Å². The van der Waals surface area contributed by atoms with Crippen molar-refractivity contribution >= 4 is 50.8 Å². The lowest BCUT2D eigenvalue weighted by Gasteiger charge is -2.09. The highest BCUT2D eigenvalue weighted by Gasteiger charge is 2.22. The molecule has 0 fully saturated rings. The van der Waals surface area contributed by atoms with Gasteiger partial charge in [-0.15, -0.1) is 23.1 Å². The van der Waals surface area contributed by atoms with Crippen molar-refractivity contribution in [3.05, 3.63) is 98.5 Å². The number of thiazole rings is 1. The lowest BCUT2D eigenvalue weighted by Crippen LogP contribution is -2.13. The van der Waals surface area contributed by atoms with Crippen LogP contribution in [0.15, 0.2) is 71.6 Å². The van der Waals surface area contributed by atoms with Crippen LogP contribution in [0.2, 0.25) is 0 Å². The number of carbonyl (C=O) groups excluding carboxylic acids is 2. The number of hydrogen-bond donors (Lipinski definition) is 0. The molecule has 0 aliphatic rings. The molecule has 3 aromatic carbocycles. The molecule has 0 saturated heterocycles. The van der Waals surface area contributed by atoms with Crippen molar-refractivity contribution in [2.24, 2.45) is 0 Å². The molecule has 0 aliphatic carbocycles. The van der Waals surface area contributed by atoms with Gasteiger partial charge in [0.15, 0.2) is 5.78 Å². The average Bonchev–Trinajstić information content (AvgIpc) is 3.24. The van der Waals surface area contributed by atoms with Gasteiger partial charge in [-0.2, -0.15) is 0 Å². The minimum absolute atomic E-state index is 0.0192. The number of nitrogens with zero attached hydrogens (tertiary/aromatic N) is 2. The van der Waals surface area contributed by atoms with E-state index in [-0.39, 0.29) is 29.0 Å². The van der Waals surface area contributed by atoms with Crippen LogP contribution in [0.25, 0.3) is 10.2 Å². The monoisotopic (exact) mass is 464 g/mol. The molecule has 4 aromatic rings. The summed E-state index contributed by atoms with van der Waals surface area (Å²) in [6, 6.07) is 18.2. The molecule has 1 aromatic heterocycles. The molecular weight excluding hydrogens is 448 g/mol. The predicted octanol–water partition coefficient (Wildman–Crippen LogP) is 5.51. The summed E-state index contributed by atoms with van der Waals surface area (Å²) in [6.07, 6.45) is 1.72. The Kier molecular flexibility index (Phi) is 6.29. The van der Waals surface area contributed by atoms with Crippen LogP contribution >= 0.6 is 23.1 Å². The molecule has 0 saturated carbocycles. The highest BCUT2D eigenvalue weighted by atomic mass is 32.2. The zero-order valence-corrected chi connectivity index (χ0v) is 18.4. The molecule has 1 heterocycles. The third-order valence-electron chi connectivity index (χ3n) is 4.69. The van der Waals surface area contributed by atoms with Crippen molar-refractivity contribution in [2.45, 2.75) is 11.5 Å². The van der Waals surface area contributed by atoms with Gasteiger partial charge in [0.25, 0.3) is 5.69 Å². The molecule has 0 bridgehead atoms. The highest BCUT2D eigenvalue weighted by molar-refractivity contribution is 7.98. The first-order valence-corrected chi connectivity index (χ1v) is 11.5. The van der Waals surface area contributed by atoms with Crippen LogP contribution in [-0.2, 0) is 11.3 Å². The zero-order chi connectivity index (χ0) is 22.7. The lowest BCUT2D eigenvalue weighted by atomic mass is 9.98. The van der Waals surface area contributed by atoms with E-state index in [1.807, 2.05) is 24.3 Å². The number of nitro groups is 1. The average molecular weight is 465 g/mol. The molecule has 0 amide bonds. The molecular formula is C23H16N2O5S2. The topological polar surface area (TPSA) is 99.4 Å². The van der Waals surface area contributed by atoms with E-state index in [2.05, 4.69) is 4.98 Å². The number of rotatable bonds is 7. The van der Waals surface area contributed by atoms with Crippen molar-refractivity contribution in [1.82, 2.24) is 4.98 Å². The Morgan fingerprint density at radius 3 is 2.50 bits per heavy atom. The SMILES string of the molecule is CSc1ccc(C(=O)c2ccccc2C(=O)OCc2nc3ccccc3s2)cc1[N+](=O)[O-]. The van der Waals surface area contributed by atoms with E-state index < -0.39 is 16.7 Å². The number of ether oxygens (including phenoxy) is 1. The third kappa shape index (κ3) is 4.39. The van der Waals surface area contributed by atoms with Gasteiger partial charge in [-0.05, 0) is 36.6 Å². The number of benzene rings is 3. The summed E-state index contributed by atoms with van der Waals surface area (Å²) in [6.45, 7) is -0.0192. The molecule has 32 heavy (non-hydrogen) atoms. The number of hydrogen-bond acceptors (Lipinski definition) is 8. The van der Waals surface area contributed by atoms with E-state index in [0.29, 0.717) is 9.90 Å². The molecule has 0 unspecified atom stereocenters. The molecule has 7 nitrogen and oxygen atoms in total. The van der Waals surface area contributed by atoms with Crippen molar-refractivity contribution < 1.29 is 19.2 Å². The molecule has 0 radical (unpaired) electrons. The maximum atomic E-state index is 13.1. The molecule has 0 aliphatic heterocycles. The second-order valence-electron chi connectivity index (χ2n) is 6.67. The number of fused-ring (bicyclic) bond motifs is 1. The van der Waals surface area contributed by atoms with Gasteiger partial charge in [-0.25, -0.2) is 9.78 Å². The van der Waals surface area contributed by atoms with Gasteiger partial charge >= 0.3 is 5.97 Å². The first-order valence-electron chi connectivity index (χ1n) is 9.45. The zero-order valence-electron chi connectivity index (χ0n) is 16.8. The number of thioether (sulfide) groups is 1. The number of nitro benzene ring substituents is 1. The third-order valence-corrected chi connectivity index (χ3v) is 6.49. The van der Waals surface area contributed by atoms with Crippen molar-refractivity contribution in [2.75, 3.05) is 6.26 Å². The Morgan fingerprint density at radius 2 is 1.78 bits per heavy atom. The van der Waals surface area contributed by atoms with E-state index in [0.717, 1.165) is 10.2 Å². The fourth-order valence-corrected chi connectivity index (χ4v) is 4.60. The molecule has 4 rings (SSSR count). The van der Waals surface area contributed by atoms with Gasteiger partial charge in [-0.3, -0.25) is 14.9 Å². The Balaban J connectivity index is 1.58. The van der Waals surface area contributed by atoms with Gasteiger partial charge in [0.1, 0.15) is 11.6 Å². The largest absolute Gasteiger partial charge is 0.455 e. The van der Waals surface area contributed by atoms with Crippen LogP contribution in [0.1, 0.15) is 31.3 Å². The Hall–Kier alpha value is -3.56. The Labute approximate surface area is 191 Å². The molecule has 0 spiro atoms. The molecule has 160 valence electrons. The fraction of sp³-hybridized carbons (Fsp3) is 0.0870. The van der Waals surface area contributed by atoms with Crippen LogP contribution < -0.4 is 0 Å². The van der Waals surface area contributed by atoms with E-state index >= 15 is 0 Å². The van der Waals surface area contributed by atoms with E-state index in [1.54, 1.807) is 18.4 Å². The van der Waals surface area contributed by atoms with E-state index in [1.165, 1.54) is 53.4 Å². The summed E-state index contributed by atoms with van der Waals surface area (Å²) < 4.78 is 6.40. The normalized spacial score (nSPS) is 10.8. The standard InChI is InChI=1S/C23H16N2O5S2/c1-31-20-11-10-14(12-18(20)25(28)29)22(26)15-6-2-3-7-16(15)23(27)30-13-21-24-17-8-4-5-9-19(17)32-21/h2-12H,13H2,1H3. The number of carbonyl (C=O) groups is 2. The first kappa shape index (κ1) is 21.7. The van der Waals surface area contributed by atoms with Crippen molar-refractivity contribution in [3.8, 4) is 0 Å². The molecule has 9 heteroatoms. The summed E-state index contributed by atoms with van der Waals surface area (Å²) in [5.41, 5.74) is 1.01. The molecule has 0 atom stereocenters. The summed E-state index contributed by atoms with van der Waals surface area (Å²) in [5.74, 6) is -1.16. The quantitative estimate of drug-likeness (QED) is 0.117. The first-order chi connectivity index (χ1) is 15.5. The van der Waals surface area contributed by atoms with Crippen LogP contribution in [0.3, 0.4) is 0 Å². The maximum Gasteiger partial charge on any atom is 0.339 e. The second-order valence-corrected chi connectivity index (χ2v) is 8.63. The minimum atomic E-state index is -0.663. The van der Waals surface area contributed by atoms with Crippen LogP contribution in [0.5, 0.6) is 0 Å². The predicted molar refractivity (Wildman–Crippen MR) is 123 cm³/mol. The fourth-order valence-electron chi connectivity index (χ4n) is 3.18. The second kappa shape index (κ2) is 9.29. The summed E-state index contributed by atoms with van der Waals surface area (Å²) in [7, 11) is 0. The van der Waals surface area contributed by atoms with Gasteiger partial charge in [0, 0.05) is 17.2 Å². The van der Waals surface area contributed by atoms with Gasteiger partial charge in [0.05, 0.1) is 25.6 Å². The summed E-state index contributed by atoms with van der Waals surface area (Å²) in [4.78, 5) is 41.6. The maximum absolute atomic E-state index is 13.1. The van der Waals surface area contributed by atoms with Gasteiger partial charge < -0.3 is 4.74 Å². The van der Waals surface area contributed by atoms with Crippen LogP contribution in [0, 0.1) is 10.1 Å². The highest BCUT2D eigenvalue weighted by Crippen LogP contribution is 2.29. The van der Waals surface area contributed by atoms with E-state index in [4.69, 9.17) is 4.74 Å².